The van der Waals surface area contributed by atoms with Crippen LogP contribution >= 0.6 is 0 Å². The van der Waals surface area contributed by atoms with E-state index < -0.39 is 0 Å². The molecule has 22 heavy (non-hydrogen) atoms. The van der Waals surface area contributed by atoms with E-state index in [0.29, 0.717) is 12.8 Å². The molecule has 0 N–H and O–H groups in total. The molecule has 0 aliphatic carbocycles. The highest BCUT2D eigenvalue weighted by molar-refractivity contribution is 5.98. The Kier molecular flexibility index (Phi) is 12.1. The molecule has 122 valence electrons. The van der Waals surface area contributed by atoms with Crippen LogP contribution in [0.5, 0.6) is 0 Å². The highest BCUT2D eigenvalue weighted by Gasteiger charge is 2.03. The van der Waals surface area contributed by atoms with E-state index in [1.54, 1.807) is 0 Å². The third-order valence-electron chi connectivity index (χ3n) is 3.57. The van der Waals surface area contributed by atoms with Gasteiger partial charge in [-0.2, -0.15) is 0 Å². The van der Waals surface area contributed by atoms with E-state index in [1.165, 1.54) is 0 Å². The summed E-state index contributed by atoms with van der Waals surface area (Å²) in [5.41, 5.74) is 0. The second-order valence-electron chi connectivity index (χ2n) is 4.90. The van der Waals surface area contributed by atoms with Crippen LogP contribution in [0.2, 0.25) is 0 Å². The molecular weight excluding hydrogens is 276 g/mol. The molecule has 0 radical (unpaired) electrons. The monoisotopic (exact) mass is 304 g/mol. The fraction of sp³-hybridized carbons (Fsp3) is 0.667. The average Bonchev–Trinajstić information content (AvgIpc) is 2.53. The Balaban J connectivity index is 4.13. The van der Waals surface area contributed by atoms with Crippen molar-refractivity contribution < 1.29 is 9.59 Å². The van der Waals surface area contributed by atoms with E-state index in [2.05, 4.69) is 61.2 Å². The van der Waals surface area contributed by atoms with Crippen LogP contribution in [0.15, 0.2) is 0 Å². The second-order valence-corrected chi connectivity index (χ2v) is 4.90. The summed E-state index contributed by atoms with van der Waals surface area (Å²) < 4.78 is 0. The van der Waals surface area contributed by atoms with Gasteiger partial charge in [-0.15, -0.1) is 0 Å². The Morgan fingerprint density at radius 2 is 1.00 bits per heavy atom. The van der Waals surface area contributed by atoms with Crippen LogP contribution in [-0.4, -0.2) is 60.6 Å². The van der Waals surface area contributed by atoms with Crippen molar-refractivity contribution >= 4 is 11.6 Å². The minimum atomic E-state index is -0.128. The number of Topliss-reactive ketones (excluding diaryl/α,β-unsaturated/α-hetero) is 2. The second kappa shape index (κ2) is 13.1. The third kappa shape index (κ3) is 10.2. The lowest BCUT2D eigenvalue weighted by Crippen LogP contribution is -2.25. The van der Waals surface area contributed by atoms with E-state index in [0.717, 1.165) is 39.3 Å². The predicted octanol–water partition coefficient (Wildman–Crippen LogP) is 1.60. The van der Waals surface area contributed by atoms with Crippen molar-refractivity contribution in [3.63, 3.8) is 0 Å². The molecular formula is C18H28N2O2. The first-order chi connectivity index (χ1) is 10.6. The molecule has 0 bridgehead atoms. The van der Waals surface area contributed by atoms with Crippen molar-refractivity contribution in [3.05, 3.63) is 0 Å². The zero-order valence-electron chi connectivity index (χ0n) is 14.4. The lowest BCUT2D eigenvalue weighted by molar-refractivity contribution is -0.115. The van der Waals surface area contributed by atoms with Gasteiger partial charge in [-0.1, -0.05) is 27.7 Å². The van der Waals surface area contributed by atoms with Gasteiger partial charge in [-0.05, 0) is 49.9 Å². The summed E-state index contributed by atoms with van der Waals surface area (Å²) in [6, 6.07) is 0. The van der Waals surface area contributed by atoms with E-state index >= 15 is 0 Å². The van der Waals surface area contributed by atoms with Gasteiger partial charge in [0.1, 0.15) is 0 Å². The summed E-state index contributed by atoms with van der Waals surface area (Å²) in [4.78, 5) is 27.5. The van der Waals surface area contributed by atoms with Gasteiger partial charge in [0.25, 0.3) is 0 Å². The molecule has 0 aromatic heterocycles. The summed E-state index contributed by atoms with van der Waals surface area (Å²) in [6.45, 7) is 13.4. The summed E-state index contributed by atoms with van der Waals surface area (Å²) in [5, 5.41) is 0. The number of nitrogens with zero attached hydrogens (tertiary/aromatic N) is 2. The lowest BCUT2D eigenvalue weighted by atomic mass is 10.2. The summed E-state index contributed by atoms with van der Waals surface area (Å²) in [7, 11) is 0. The molecule has 4 nitrogen and oxygen atoms in total. The van der Waals surface area contributed by atoms with E-state index in [9.17, 15) is 9.59 Å². The van der Waals surface area contributed by atoms with E-state index in [4.69, 9.17) is 0 Å². The van der Waals surface area contributed by atoms with Crippen LogP contribution in [0.3, 0.4) is 0 Å². The Morgan fingerprint density at radius 1 is 0.682 bits per heavy atom. The Morgan fingerprint density at radius 3 is 1.27 bits per heavy atom. The van der Waals surface area contributed by atoms with Gasteiger partial charge in [0.2, 0.25) is 11.6 Å². The van der Waals surface area contributed by atoms with Gasteiger partial charge >= 0.3 is 0 Å². The molecule has 0 amide bonds. The van der Waals surface area contributed by atoms with Crippen LogP contribution in [0, 0.1) is 23.7 Å². The molecule has 0 aliphatic heterocycles. The molecule has 0 heterocycles. The van der Waals surface area contributed by atoms with Gasteiger partial charge in [0.05, 0.1) is 0 Å². The maximum Gasteiger partial charge on any atom is 0.207 e. The van der Waals surface area contributed by atoms with Gasteiger partial charge in [0.15, 0.2) is 0 Å². The summed E-state index contributed by atoms with van der Waals surface area (Å²) in [5.74, 6) is 9.65. The van der Waals surface area contributed by atoms with Gasteiger partial charge in [-0.3, -0.25) is 9.59 Å². The number of rotatable bonds is 10. The number of ketones is 2. The maximum atomic E-state index is 11.6. The van der Waals surface area contributed by atoms with Crippen LogP contribution in [0.4, 0.5) is 0 Å². The zero-order chi connectivity index (χ0) is 16.8. The molecule has 0 aromatic carbocycles. The third-order valence-corrected chi connectivity index (χ3v) is 3.57. The first-order valence-corrected chi connectivity index (χ1v) is 8.09. The number of carbonyl (C=O) groups excluding carboxylic acids is 2. The number of hydrogen-bond donors (Lipinski definition) is 0. The molecule has 0 fully saturated rings. The lowest BCUT2D eigenvalue weighted by Gasteiger charge is -2.16. The predicted molar refractivity (Wildman–Crippen MR) is 90.4 cm³/mol. The molecule has 0 saturated heterocycles. The fourth-order valence-electron chi connectivity index (χ4n) is 1.93. The van der Waals surface area contributed by atoms with Crippen molar-refractivity contribution in [3.8, 4) is 23.7 Å². The van der Waals surface area contributed by atoms with Gasteiger partial charge in [-0.25, -0.2) is 0 Å². The molecule has 0 atom stereocenters. The van der Waals surface area contributed by atoms with Crippen molar-refractivity contribution in [2.75, 3.05) is 39.3 Å². The SMILES string of the molecule is CCN(CC)CCC(=O)C#CC#CC(=O)CCN(CC)CC. The van der Waals surface area contributed by atoms with Crippen LogP contribution in [0.1, 0.15) is 40.5 Å². The molecule has 0 saturated carbocycles. The highest BCUT2D eigenvalue weighted by atomic mass is 16.1. The van der Waals surface area contributed by atoms with Crippen molar-refractivity contribution in [1.29, 1.82) is 0 Å². The standard InChI is InChI=1S/C18H28N2O2/c1-5-19(6-2)15-13-17(21)11-9-10-12-18(22)14-16-20(7-3)8-4/h5-8,13-16H2,1-4H3. The fourth-order valence-corrected chi connectivity index (χ4v) is 1.93. The number of hydrogen-bond acceptors (Lipinski definition) is 4. The zero-order valence-corrected chi connectivity index (χ0v) is 14.4. The quantitative estimate of drug-likeness (QED) is 0.454. The minimum Gasteiger partial charge on any atom is -0.303 e. The molecule has 4 heteroatoms. The highest BCUT2D eigenvalue weighted by Crippen LogP contribution is 1.92. The largest absolute Gasteiger partial charge is 0.303 e. The summed E-state index contributed by atoms with van der Waals surface area (Å²) in [6.07, 6.45) is 0.818. The van der Waals surface area contributed by atoms with Crippen molar-refractivity contribution in [2.45, 2.75) is 40.5 Å². The van der Waals surface area contributed by atoms with Gasteiger partial charge in [0, 0.05) is 25.9 Å². The topological polar surface area (TPSA) is 40.6 Å². The van der Waals surface area contributed by atoms with Crippen LogP contribution < -0.4 is 0 Å². The van der Waals surface area contributed by atoms with Crippen LogP contribution in [0.25, 0.3) is 0 Å². The van der Waals surface area contributed by atoms with Crippen molar-refractivity contribution in [1.82, 2.24) is 9.80 Å². The molecule has 0 spiro atoms. The van der Waals surface area contributed by atoms with E-state index in [1.807, 2.05) is 0 Å². The van der Waals surface area contributed by atoms with Crippen molar-refractivity contribution in [2.24, 2.45) is 0 Å². The minimum absolute atomic E-state index is 0.128. The van der Waals surface area contributed by atoms with Gasteiger partial charge < -0.3 is 9.80 Å². The maximum absolute atomic E-state index is 11.6. The molecule has 0 aromatic rings. The average molecular weight is 304 g/mol. The smallest absolute Gasteiger partial charge is 0.207 e. The Bertz CT molecular complexity index is 411. The Hall–Kier alpha value is -1.62. The van der Waals surface area contributed by atoms with Crippen LogP contribution in [-0.2, 0) is 9.59 Å². The molecule has 0 aliphatic rings. The number of carbonyl (C=O) groups is 2. The molecule has 0 unspecified atom stereocenters. The first kappa shape index (κ1) is 20.4. The Labute approximate surface area is 135 Å². The summed E-state index contributed by atoms with van der Waals surface area (Å²) >= 11 is 0. The molecule has 0 rings (SSSR count). The normalized spacial score (nSPS) is 9.91. The first-order valence-electron chi connectivity index (χ1n) is 8.09. The van der Waals surface area contributed by atoms with E-state index in [-0.39, 0.29) is 11.6 Å².